The van der Waals surface area contributed by atoms with Crippen LogP contribution in [0.25, 0.3) is 0 Å². The monoisotopic (exact) mass is 179 g/mol. The zero-order valence-electron chi connectivity index (χ0n) is 7.66. The van der Waals surface area contributed by atoms with E-state index < -0.39 is 0 Å². The molecule has 0 saturated heterocycles. The first-order valence-corrected chi connectivity index (χ1v) is 4.08. The normalized spacial score (nSPS) is 9.69. The Balaban J connectivity index is 2.87. The van der Waals surface area contributed by atoms with Gasteiger partial charge in [-0.15, -0.1) is 0 Å². The standard InChI is InChI=1S/C10H13NO2/c1-3-4-13-10-5-8(2)11-6-9(10)7-12/h3,5-6,12H,1,4,7H2,2H3. The number of pyridine rings is 1. The van der Waals surface area contributed by atoms with Crippen LogP contribution >= 0.6 is 0 Å². The molecule has 1 aromatic rings. The largest absolute Gasteiger partial charge is 0.489 e. The molecule has 0 bridgehead atoms. The third-order valence-electron chi connectivity index (χ3n) is 1.61. The highest BCUT2D eigenvalue weighted by Gasteiger charge is 2.02. The second kappa shape index (κ2) is 4.62. The van der Waals surface area contributed by atoms with Crippen LogP contribution in [0, 0.1) is 6.92 Å². The van der Waals surface area contributed by atoms with Gasteiger partial charge in [0.2, 0.25) is 0 Å². The number of aryl methyl sites for hydroxylation is 1. The molecule has 0 aliphatic carbocycles. The van der Waals surface area contributed by atoms with E-state index in [-0.39, 0.29) is 6.61 Å². The topological polar surface area (TPSA) is 42.4 Å². The van der Waals surface area contributed by atoms with Gasteiger partial charge in [0, 0.05) is 23.5 Å². The number of hydrogen-bond acceptors (Lipinski definition) is 3. The molecule has 0 saturated carbocycles. The third kappa shape index (κ3) is 2.56. The maximum Gasteiger partial charge on any atom is 0.128 e. The van der Waals surface area contributed by atoms with Crippen molar-refractivity contribution in [3.05, 3.63) is 36.2 Å². The SMILES string of the molecule is C=CCOc1cc(C)ncc1CO. The Morgan fingerprint density at radius 2 is 2.46 bits per heavy atom. The number of aliphatic hydroxyl groups excluding tert-OH is 1. The summed E-state index contributed by atoms with van der Waals surface area (Å²) < 4.78 is 5.34. The van der Waals surface area contributed by atoms with E-state index in [9.17, 15) is 0 Å². The van der Waals surface area contributed by atoms with Crippen LogP contribution in [0.2, 0.25) is 0 Å². The molecule has 0 spiro atoms. The number of ether oxygens (including phenoxy) is 1. The number of aliphatic hydroxyl groups is 1. The van der Waals surface area contributed by atoms with Crippen LogP contribution in [-0.4, -0.2) is 16.7 Å². The van der Waals surface area contributed by atoms with Crippen LogP contribution in [-0.2, 0) is 6.61 Å². The molecule has 1 aromatic heterocycles. The number of hydrogen-bond donors (Lipinski definition) is 1. The minimum absolute atomic E-state index is 0.0558. The van der Waals surface area contributed by atoms with Gasteiger partial charge in [0.15, 0.2) is 0 Å². The molecule has 1 heterocycles. The second-order valence-electron chi connectivity index (χ2n) is 2.69. The fraction of sp³-hybridized carbons (Fsp3) is 0.300. The lowest BCUT2D eigenvalue weighted by atomic mass is 10.2. The Hall–Kier alpha value is -1.35. The molecule has 0 aliphatic heterocycles. The van der Waals surface area contributed by atoms with Crippen molar-refractivity contribution in [3.63, 3.8) is 0 Å². The van der Waals surface area contributed by atoms with Crippen molar-refractivity contribution in [1.82, 2.24) is 4.98 Å². The fourth-order valence-electron chi connectivity index (χ4n) is 0.965. The molecule has 70 valence electrons. The average molecular weight is 179 g/mol. The first-order valence-electron chi connectivity index (χ1n) is 4.08. The summed E-state index contributed by atoms with van der Waals surface area (Å²) in [6.45, 7) is 5.81. The third-order valence-corrected chi connectivity index (χ3v) is 1.61. The Bertz CT molecular complexity index is 297. The highest BCUT2D eigenvalue weighted by molar-refractivity contribution is 5.32. The second-order valence-corrected chi connectivity index (χ2v) is 2.69. The molecule has 0 aromatic carbocycles. The van der Waals surface area contributed by atoms with E-state index in [0.29, 0.717) is 17.9 Å². The summed E-state index contributed by atoms with van der Waals surface area (Å²) in [5.74, 6) is 0.676. The van der Waals surface area contributed by atoms with Crippen LogP contribution in [0.15, 0.2) is 24.9 Å². The van der Waals surface area contributed by atoms with Gasteiger partial charge >= 0.3 is 0 Å². The van der Waals surface area contributed by atoms with Gasteiger partial charge in [-0.2, -0.15) is 0 Å². The maximum absolute atomic E-state index is 8.96. The summed E-state index contributed by atoms with van der Waals surface area (Å²) in [5.41, 5.74) is 1.57. The van der Waals surface area contributed by atoms with Crippen molar-refractivity contribution >= 4 is 0 Å². The smallest absolute Gasteiger partial charge is 0.128 e. The van der Waals surface area contributed by atoms with Crippen LogP contribution in [0.1, 0.15) is 11.3 Å². The summed E-state index contributed by atoms with van der Waals surface area (Å²) in [4.78, 5) is 4.05. The molecule has 0 unspecified atom stereocenters. The zero-order chi connectivity index (χ0) is 9.68. The predicted octanol–water partition coefficient (Wildman–Crippen LogP) is 1.45. The molecular weight excluding hydrogens is 166 g/mol. The molecule has 0 radical (unpaired) electrons. The van der Waals surface area contributed by atoms with Crippen LogP contribution in [0.4, 0.5) is 0 Å². The van der Waals surface area contributed by atoms with Gasteiger partial charge in [0.1, 0.15) is 12.4 Å². The lowest BCUT2D eigenvalue weighted by molar-refractivity contribution is 0.269. The number of nitrogens with zero attached hydrogens (tertiary/aromatic N) is 1. The Morgan fingerprint density at radius 1 is 1.69 bits per heavy atom. The van der Waals surface area contributed by atoms with Crippen LogP contribution in [0.5, 0.6) is 5.75 Å². The minimum Gasteiger partial charge on any atom is -0.489 e. The van der Waals surface area contributed by atoms with E-state index in [2.05, 4.69) is 11.6 Å². The molecule has 0 aliphatic rings. The molecule has 0 amide bonds. The summed E-state index contributed by atoms with van der Waals surface area (Å²) >= 11 is 0. The van der Waals surface area contributed by atoms with Gasteiger partial charge in [-0.3, -0.25) is 4.98 Å². The van der Waals surface area contributed by atoms with Crippen molar-refractivity contribution in [1.29, 1.82) is 0 Å². The fourth-order valence-corrected chi connectivity index (χ4v) is 0.965. The number of aromatic nitrogens is 1. The van der Waals surface area contributed by atoms with Crippen molar-refractivity contribution in [2.45, 2.75) is 13.5 Å². The molecule has 0 atom stereocenters. The maximum atomic E-state index is 8.96. The molecule has 0 fully saturated rings. The first-order chi connectivity index (χ1) is 6.27. The van der Waals surface area contributed by atoms with Gasteiger partial charge in [0.25, 0.3) is 0 Å². The van der Waals surface area contributed by atoms with Crippen molar-refractivity contribution in [2.24, 2.45) is 0 Å². The number of rotatable bonds is 4. The zero-order valence-corrected chi connectivity index (χ0v) is 7.66. The van der Waals surface area contributed by atoms with Crippen molar-refractivity contribution in [2.75, 3.05) is 6.61 Å². The summed E-state index contributed by atoms with van der Waals surface area (Å²) in [5, 5.41) is 8.96. The lowest BCUT2D eigenvalue weighted by Crippen LogP contribution is -1.99. The Labute approximate surface area is 77.7 Å². The molecule has 1 rings (SSSR count). The van der Waals surface area contributed by atoms with Gasteiger partial charge in [0.05, 0.1) is 6.61 Å². The van der Waals surface area contributed by atoms with Crippen molar-refractivity contribution < 1.29 is 9.84 Å². The first kappa shape index (κ1) is 9.74. The minimum atomic E-state index is -0.0558. The summed E-state index contributed by atoms with van der Waals surface area (Å²) in [7, 11) is 0. The van der Waals surface area contributed by atoms with Crippen molar-refractivity contribution in [3.8, 4) is 5.75 Å². The van der Waals surface area contributed by atoms with Gasteiger partial charge < -0.3 is 9.84 Å². The van der Waals surface area contributed by atoms with E-state index in [1.807, 2.05) is 6.92 Å². The van der Waals surface area contributed by atoms with E-state index >= 15 is 0 Å². The molecule has 3 nitrogen and oxygen atoms in total. The Kier molecular flexibility index (Phi) is 3.46. The predicted molar refractivity (Wildman–Crippen MR) is 50.6 cm³/mol. The highest BCUT2D eigenvalue weighted by Crippen LogP contribution is 2.18. The molecule has 1 N–H and O–H groups in total. The quantitative estimate of drug-likeness (QED) is 0.711. The molecule has 3 heteroatoms. The van der Waals surface area contributed by atoms with E-state index in [1.165, 1.54) is 0 Å². The van der Waals surface area contributed by atoms with Gasteiger partial charge in [-0.05, 0) is 6.92 Å². The van der Waals surface area contributed by atoms with Crippen LogP contribution in [0.3, 0.4) is 0 Å². The average Bonchev–Trinajstić information content (AvgIpc) is 2.15. The molecule has 13 heavy (non-hydrogen) atoms. The van der Waals surface area contributed by atoms with Gasteiger partial charge in [-0.1, -0.05) is 12.7 Å². The lowest BCUT2D eigenvalue weighted by Gasteiger charge is -2.08. The van der Waals surface area contributed by atoms with E-state index in [4.69, 9.17) is 9.84 Å². The Morgan fingerprint density at radius 3 is 3.08 bits per heavy atom. The van der Waals surface area contributed by atoms with Gasteiger partial charge in [-0.25, -0.2) is 0 Å². The van der Waals surface area contributed by atoms with E-state index in [1.54, 1.807) is 18.3 Å². The molecular formula is C10H13NO2. The van der Waals surface area contributed by atoms with Crippen LogP contribution < -0.4 is 4.74 Å². The summed E-state index contributed by atoms with van der Waals surface area (Å²) in [6, 6.07) is 1.80. The highest BCUT2D eigenvalue weighted by atomic mass is 16.5. The summed E-state index contributed by atoms with van der Waals surface area (Å²) in [6.07, 6.45) is 3.28. The van der Waals surface area contributed by atoms with E-state index in [0.717, 1.165) is 5.69 Å².